The van der Waals surface area contributed by atoms with Crippen LogP contribution in [0.5, 0.6) is 0 Å². The minimum atomic E-state index is -0.0598. The molecule has 0 saturated carbocycles. The highest BCUT2D eigenvalue weighted by Crippen LogP contribution is 2.10. The number of benzene rings is 1. The fourth-order valence-electron chi connectivity index (χ4n) is 1.92. The monoisotopic (exact) mass is 276 g/mol. The van der Waals surface area contributed by atoms with Crippen LogP contribution in [0.25, 0.3) is 0 Å². The second-order valence-corrected chi connectivity index (χ2v) is 5.62. The molecule has 0 aliphatic carbocycles. The highest BCUT2D eigenvalue weighted by Gasteiger charge is 2.13. The van der Waals surface area contributed by atoms with E-state index in [1.54, 1.807) is 11.9 Å². The first kappa shape index (κ1) is 16.4. The maximum absolute atomic E-state index is 12.1. The molecule has 0 saturated heterocycles. The number of ketones is 1. The van der Waals surface area contributed by atoms with Crippen molar-refractivity contribution in [1.82, 2.24) is 10.2 Å². The van der Waals surface area contributed by atoms with Crippen LogP contribution in [-0.4, -0.2) is 42.8 Å². The van der Waals surface area contributed by atoms with Crippen LogP contribution < -0.4 is 5.32 Å². The van der Waals surface area contributed by atoms with Gasteiger partial charge >= 0.3 is 0 Å². The molecule has 110 valence electrons. The van der Waals surface area contributed by atoms with Crippen molar-refractivity contribution in [3.8, 4) is 0 Å². The maximum atomic E-state index is 12.1. The van der Waals surface area contributed by atoms with Crippen LogP contribution in [0.1, 0.15) is 35.3 Å². The standard InChI is InChI=1S/C16H24N2O2/c1-11(2)17-16(20)10-18(5)9-15(19)14-7-6-12(3)13(4)8-14/h6-8,11H,9-10H2,1-5H3,(H,17,20). The van der Waals surface area contributed by atoms with Gasteiger partial charge in [-0.2, -0.15) is 0 Å². The predicted octanol–water partition coefficient (Wildman–Crippen LogP) is 1.94. The van der Waals surface area contributed by atoms with Crippen molar-refractivity contribution in [2.45, 2.75) is 33.7 Å². The van der Waals surface area contributed by atoms with Gasteiger partial charge in [0.15, 0.2) is 5.78 Å². The molecule has 20 heavy (non-hydrogen) atoms. The first-order valence-corrected chi connectivity index (χ1v) is 6.88. The number of Topliss-reactive ketones (excluding diaryl/α,β-unsaturated/α-hetero) is 1. The van der Waals surface area contributed by atoms with E-state index in [1.165, 1.54) is 5.56 Å². The van der Waals surface area contributed by atoms with Crippen LogP contribution in [-0.2, 0) is 4.79 Å². The Bertz CT molecular complexity index is 495. The van der Waals surface area contributed by atoms with Crippen LogP contribution in [0, 0.1) is 13.8 Å². The maximum Gasteiger partial charge on any atom is 0.234 e. The third-order valence-electron chi connectivity index (χ3n) is 3.11. The predicted molar refractivity (Wildman–Crippen MR) is 81.0 cm³/mol. The van der Waals surface area contributed by atoms with E-state index in [2.05, 4.69) is 5.32 Å². The Morgan fingerprint density at radius 2 is 1.80 bits per heavy atom. The Labute approximate surface area is 121 Å². The molecule has 0 fully saturated rings. The molecule has 0 heterocycles. The zero-order valence-electron chi connectivity index (χ0n) is 13.0. The fraction of sp³-hybridized carbons (Fsp3) is 0.500. The number of aryl methyl sites for hydroxylation is 2. The number of hydrogen-bond acceptors (Lipinski definition) is 3. The zero-order chi connectivity index (χ0) is 15.3. The summed E-state index contributed by atoms with van der Waals surface area (Å²) in [6.07, 6.45) is 0. The number of nitrogens with one attached hydrogen (secondary N) is 1. The third kappa shape index (κ3) is 5.13. The lowest BCUT2D eigenvalue weighted by molar-refractivity contribution is -0.122. The number of nitrogens with zero attached hydrogens (tertiary/aromatic N) is 1. The van der Waals surface area contributed by atoms with Gasteiger partial charge in [0.1, 0.15) is 0 Å². The number of carbonyl (C=O) groups is 2. The highest BCUT2D eigenvalue weighted by molar-refractivity contribution is 5.98. The van der Waals surface area contributed by atoms with Crippen molar-refractivity contribution < 1.29 is 9.59 Å². The quantitative estimate of drug-likeness (QED) is 0.808. The minimum absolute atomic E-state index is 0.0351. The van der Waals surface area contributed by atoms with Crippen LogP contribution in [0.3, 0.4) is 0 Å². The molecule has 0 atom stereocenters. The van der Waals surface area contributed by atoms with Crippen molar-refractivity contribution in [2.24, 2.45) is 0 Å². The van der Waals surface area contributed by atoms with Crippen molar-refractivity contribution in [2.75, 3.05) is 20.1 Å². The molecule has 1 rings (SSSR count). The number of carbonyl (C=O) groups excluding carboxylic acids is 2. The lowest BCUT2D eigenvalue weighted by Crippen LogP contribution is -2.40. The van der Waals surface area contributed by atoms with Gasteiger partial charge in [0.05, 0.1) is 13.1 Å². The lowest BCUT2D eigenvalue weighted by Gasteiger charge is -2.17. The van der Waals surface area contributed by atoms with Crippen LogP contribution in [0.2, 0.25) is 0 Å². The average molecular weight is 276 g/mol. The van der Waals surface area contributed by atoms with Crippen LogP contribution in [0.4, 0.5) is 0 Å². The summed E-state index contributed by atoms with van der Waals surface area (Å²) in [7, 11) is 1.78. The zero-order valence-corrected chi connectivity index (χ0v) is 13.0. The molecule has 0 unspecified atom stereocenters. The smallest absolute Gasteiger partial charge is 0.234 e. The van der Waals surface area contributed by atoms with Crippen molar-refractivity contribution >= 4 is 11.7 Å². The Morgan fingerprint density at radius 3 is 2.35 bits per heavy atom. The largest absolute Gasteiger partial charge is 0.353 e. The summed E-state index contributed by atoms with van der Waals surface area (Å²) in [5.41, 5.74) is 2.98. The van der Waals surface area contributed by atoms with E-state index in [1.807, 2.05) is 45.9 Å². The second-order valence-electron chi connectivity index (χ2n) is 5.62. The van der Waals surface area contributed by atoms with Crippen molar-refractivity contribution in [3.05, 3.63) is 34.9 Å². The summed E-state index contributed by atoms with van der Waals surface area (Å²) in [5.74, 6) is -0.0247. The summed E-state index contributed by atoms with van der Waals surface area (Å²) < 4.78 is 0. The fourth-order valence-corrected chi connectivity index (χ4v) is 1.92. The molecule has 0 aliphatic heterocycles. The SMILES string of the molecule is Cc1ccc(C(=O)CN(C)CC(=O)NC(C)C)cc1C. The van der Waals surface area contributed by atoms with Crippen LogP contribution >= 0.6 is 0 Å². The van der Waals surface area contributed by atoms with E-state index in [9.17, 15) is 9.59 Å². The summed E-state index contributed by atoms with van der Waals surface area (Å²) in [6.45, 7) is 8.32. The van der Waals surface area contributed by atoms with Gasteiger partial charge in [-0.25, -0.2) is 0 Å². The molecule has 4 heteroatoms. The van der Waals surface area contributed by atoms with Crippen LogP contribution in [0.15, 0.2) is 18.2 Å². The molecule has 0 aromatic heterocycles. The van der Waals surface area contributed by atoms with Gasteiger partial charge in [0.25, 0.3) is 0 Å². The normalized spacial score (nSPS) is 10.9. The average Bonchev–Trinajstić information content (AvgIpc) is 2.30. The molecule has 1 N–H and O–H groups in total. The summed E-state index contributed by atoms with van der Waals surface area (Å²) >= 11 is 0. The van der Waals surface area contributed by atoms with E-state index < -0.39 is 0 Å². The molecule has 1 aromatic rings. The summed E-state index contributed by atoms with van der Waals surface area (Å²) in [5, 5.41) is 2.81. The van der Waals surface area contributed by atoms with Gasteiger partial charge < -0.3 is 5.32 Å². The molecular weight excluding hydrogens is 252 g/mol. The van der Waals surface area contributed by atoms with E-state index in [0.717, 1.165) is 5.56 Å². The lowest BCUT2D eigenvalue weighted by atomic mass is 10.0. The molecule has 0 bridgehead atoms. The molecular formula is C16H24N2O2. The van der Waals surface area contributed by atoms with Gasteiger partial charge in [-0.15, -0.1) is 0 Å². The highest BCUT2D eigenvalue weighted by atomic mass is 16.2. The van der Waals surface area contributed by atoms with Gasteiger partial charge in [-0.05, 0) is 51.9 Å². The summed E-state index contributed by atoms with van der Waals surface area (Å²) in [4.78, 5) is 25.5. The topological polar surface area (TPSA) is 49.4 Å². The Morgan fingerprint density at radius 1 is 1.15 bits per heavy atom. The van der Waals surface area contributed by atoms with E-state index >= 15 is 0 Å². The van der Waals surface area contributed by atoms with E-state index in [4.69, 9.17) is 0 Å². The van der Waals surface area contributed by atoms with Crippen molar-refractivity contribution in [3.63, 3.8) is 0 Å². The first-order valence-electron chi connectivity index (χ1n) is 6.88. The number of likely N-dealkylation sites (N-methyl/N-ethyl adjacent to an activating group) is 1. The second kappa shape index (κ2) is 7.20. The Hall–Kier alpha value is -1.68. The van der Waals surface area contributed by atoms with Gasteiger partial charge in [0.2, 0.25) is 5.91 Å². The first-order chi connectivity index (χ1) is 9.29. The van der Waals surface area contributed by atoms with E-state index in [0.29, 0.717) is 5.56 Å². The molecule has 0 aliphatic rings. The Balaban J connectivity index is 2.57. The molecule has 0 radical (unpaired) electrons. The van der Waals surface area contributed by atoms with Gasteiger partial charge in [0, 0.05) is 11.6 Å². The van der Waals surface area contributed by atoms with Gasteiger partial charge in [-0.3, -0.25) is 14.5 Å². The summed E-state index contributed by atoms with van der Waals surface area (Å²) in [6, 6.07) is 5.81. The molecule has 0 spiro atoms. The molecule has 4 nitrogen and oxygen atoms in total. The number of rotatable bonds is 6. The number of hydrogen-bond donors (Lipinski definition) is 1. The van der Waals surface area contributed by atoms with Gasteiger partial charge in [-0.1, -0.05) is 12.1 Å². The third-order valence-corrected chi connectivity index (χ3v) is 3.11. The molecule has 1 aromatic carbocycles. The Kier molecular flexibility index (Phi) is 5.89. The number of amides is 1. The molecule has 1 amide bonds. The van der Waals surface area contributed by atoms with Crippen molar-refractivity contribution in [1.29, 1.82) is 0 Å². The minimum Gasteiger partial charge on any atom is -0.353 e. The van der Waals surface area contributed by atoms with E-state index in [-0.39, 0.29) is 30.8 Å².